The summed E-state index contributed by atoms with van der Waals surface area (Å²) < 4.78 is 6.52. The number of hydrazone groups is 1. The molecule has 0 unspecified atom stereocenters. The fourth-order valence-corrected chi connectivity index (χ4v) is 4.54. The number of carbonyl (C=O) groups is 1. The Morgan fingerprint density at radius 1 is 1.10 bits per heavy atom. The Bertz CT molecular complexity index is 1140. The maximum atomic E-state index is 13.6. The summed E-state index contributed by atoms with van der Waals surface area (Å²) >= 11 is 16.3. The van der Waals surface area contributed by atoms with Crippen molar-refractivity contribution in [1.29, 1.82) is 0 Å². The number of rotatable bonds is 5. The van der Waals surface area contributed by atoms with Crippen LogP contribution in [0.4, 0.5) is 0 Å². The molecule has 158 valence electrons. The molecule has 0 spiro atoms. The molecule has 1 aliphatic rings. The van der Waals surface area contributed by atoms with Crippen LogP contribution in [0.25, 0.3) is 0 Å². The van der Waals surface area contributed by atoms with Crippen molar-refractivity contribution in [1.82, 2.24) is 5.01 Å². The molecular weight excluding hydrogens is 499 g/mol. The third-order valence-electron chi connectivity index (χ3n) is 5.20. The molecule has 0 aliphatic carbocycles. The Labute approximate surface area is 199 Å². The Balaban J connectivity index is 1.77. The average Bonchev–Trinajstić information content (AvgIpc) is 3.22. The van der Waals surface area contributed by atoms with Crippen molar-refractivity contribution in [2.24, 2.45) is 5.10 Å². The van der Waals surface area contributed by atoms with Crippen molar-refractivity contribution in [3.8, 4) is 0 Å². The smallest absolute Gasteiger partial charge is 0.276 e. The maximum Gasteiger partial charge on any atom is 0.276 e. The van der Waals surface area contributed by atoms with Crippen molar-refractivity contribution in [2.75, 3.05) is 7.11 Å². The number of benzene rings is 3. The minimum atomic E-state index is -0.785. The van der Waals surface area contributed by atoms with Crippen LogP contribution in [0, 0.1) is 0 Å². The second kappa shape index (κ2) is 9.53. The van der Waals surface area contributed by atoms with Crippen molar-refractivity contribution in [3.05, 3.63) is 104 Å². The molecule has 0 radical (unpaired) electrons. The van der Waals surface area contributed by atoms with Crippen LogP contribution in [0.5, 0.6) is 0 Å². The molecule has 1 amide bonds. The summed E-state index contributed by atoms with van der Waals surface area (Å²) in [4.78, 5) is 13.6. The number of amides is 1. The van der Waals surface area contributed by atoms with Crippen LogP contribution in [0.15, 0.2) is 82.4 Å². The van der Waals surface area contributed by atoms with E-state index in [1.807, 2.05) is 66.7 Å². The topological polar surface area (TPSA) is 41.9 Å². The van der Waals surface area contributed by atoms with Crippen LogP contribution in [0.3, 0.4) is 0 Å². The summed E-state index contributed by atoms with van der Waals surface area (Å²) in [6.07, 6.45) is -0.278. The summed E-state index contributed by atoms with van der Waals surface area (Å²) in [5, 5.41) is 7.06. The van der Waals surface area contributed by atoms with Gasteiger partial charge in [-0.2, -0.15) is 5.10 Å². The van der Waals surface area contributed by atoms with Gasteiger partial charge in [-0.25, -0.2) is 5.01 Å². The van der Waals surface area contributed by atoms with E-state index >= 15 is 0 Å². The predicted octanol–water partition coefficient (Wildman–Crippen LogP) is 6.82. The van der Waals surface area contributed by atoms with Crippen LogP contribution < -0.4 is 0 Å². The summed E-state index contributed by atoms with van der Waals surface area (Å²) in [6.45, 7) is 0. The van der Waals surface area contributed by atoms with Gasteiger partial charge in [0.05, 0.1) is 21.8 Å². The normalized spacial score (nSPS) is 16.8. The van der Waals surface area contributed by atoms with Gasteiger partial charge < -0.3 is 4.74 Å². The quantitative estimate of drug-likeness (QED) is 0.372. The van der Waals surface area contributed by atoms with Crippen LogP contribution in [-0.4, -0.2) is 23.7 Å². The molecule has 0 saturated heterocycles. The molecule has 7 heteroatoms. The number of methoxy groups -OCH3 is 1. The first-order chi connectivity index (χ1) is 15.0. The number of carbonyl (C=O) groups excluding carboxylic acids is 1. The zero-order valence-corrected chi connectivity index (χ0v) is 19.7. The van der Waals surface area contributed by atoms with Gasteiger partial charge in [-0.3, -0.25) is 4.79 Å². The second-order valence-electron chi connectivity index (χ2n) is 7.13. The number of ether oxygens (including phenoxy) is 1. The molecule has 4 nitrogen and oxygen atoms in total. The van der Waals surface area contributed by atoms with E-state index in [2.05, 4.69) is 15.9 Å². The summed E-state index contributed by atoms with van der Waals surface area (Å²) in [7, 11) is 1.52. The Morgan fingerprint density at radius 3 is 2.55 bits per heavy atom. The van der Waals surface area contributed by atoms with Crippen molar-refractivity contribution < 1.29 is 9.53 Å². The molecule has 0 aromatic heterocycles. The van der Waals surface area contributed by atoms with Crippen LogP contribution in [-0.2, 0) is 9.53 Å². The Morgan fingerprint density at radius 2 is 1.84 bits per heavy atom. The SMILES string of the molecule is CO[C@@H](C(=O)N1N=C(c2cccc(Br)c2)C[C@@H]1c1cccc(Cl)c1Cl)c1ccccc1. The van der Waals surface area contributed by atoms with Gasteiger partial charge in [0.25, 0.3) is 5.91 Å². The maximum absolute atomic E-state index is 13.6. The van der Waals surface area contributed by atoms with Gasteiger partial charge in [0, 0.05) is 18.0 Å². The monoisotopic (exact) mass is 516 g/mol. The highest BCUT2D eigenvalue weighted by atomic mass is 79.9. The first-order valence-electron chi connectivity index (χ1n) is 9.67. The number of hydrogen-bond acceptors (Lipinski definition) is 3. The zero-order valence-electron chi connectivity index (χ0n) is 16.6. The van der Waals surface area contributed by atoms with E-state index < -0.39 is 12.1 Å². The predicted molar refractivity (Wildman–Crippen MR) is 128 cm³/mol. The van der Waals surface area contributed by atoms with Gasteiger partial charge in [-0.15, -0.1) is 0 Å². The number of hydrogen-bond donors (Lipinski definition) is 0. The van der Waals surface area contributed by atoms with Crippen LogP contribution in [0.1, 0.15) is 35.3 Å². The van der Waals surface area contributed by atoms with Gasteiger partial charge in [0.15, 0.2) is 6.10 Å². The van der Waals surface area contributed by atoms with E-state index in [0.717, 1.165) is 26.9 Å². The van der Waals surface area contributed by atoms with Gasteiger partial charge in [0.1, 0.15) is 0 Å². The molecule has 31 heavy (non-hydrogen) atoms. The first-order valence-corrected chi connectivity index (χ1v) is 11.2. The fraction of sp³-hybridized carbons (Fsp3) is 0.167. The van der Waals surface area contributed by atoms with E-state index in [1.54, 1.807) is 6.07 Å². The van der Waals surface area contributed by atoms with E-state index in [9.17, 15) is 4.79 Å². The lowest BCUT2D eigenvalue weighted by atomic mass is 9.97. The fourth-order valence-electron chi connectivity index (χ4n) is 3.70. The molecule has 0 saturated carbocycles. The highest BCUT2D eigenvalue weighted by Gasteiger charge is 2.38. The van der Waals surface area contributed by atoms with Crippen LogP contribution >= 0.6 is 39.1 Å². The molecular formula is C24H19BrCl2N2O2. The lowest BCUT2D eigenvalue weighted by Gasteiger charge is -2.26. The highest BCUT2D eigenvalue weighted by molar-refractivity contribution is 9.10. The third-order valence-corrected chi connectivity index (χ3v) is 6.52. The molecule has 2 atom stereocenters. The van der Waals surface area contributed by atoms with Gasteiger partial charge in [0.2, 0.25) is 0 Å². The summed E-state index contributed by atoms with van der Waals surface area (Å²) in [6, 6.07) is 22.3. The molecule has 1 heterocycles. The van der Waals surface area contributed by atoms with E-state index in [4.69, 9.17) is 33.0 Å². The molecule has 4 rings (SSSR count). The minimum absolute atomic E-state index is 0.264. The molecule has 0 N–H and O–H groups in total. The number of nitrogens with zero attached hydrogens (tertiary/aromatic N) is 2. The van der Waals surface area contributed by atoms with Crippen LogP contribution in [0.2, 0.25) is 10.0 Å². The largest absolute Gasteiger partial charge is 0.367 e. The zero-order chi connectivity index (χ0) is 22.0. The average molecular weight is 518 g/mol. The molecule has 0 fully saturated rings. The van der Waals surface area contributed by atoms with E-state index in [0.29, 0.717) is 16.5 Å². The highest BCUT2D eigenvalue weighted by Crippen LogP contribution is 2.40. The standard InChI is InChI=1S/C24H19BrCl2N2O2/c1-31-23(15-7-3-2-4-8-15)24(30)29-21(18-11-6-12-19(26)22(18)27)14-20(28-29)16-9-5-10-17(25)13-16/h2-13,21,23H,14H2,1H3/t21-,23-/m1/s1. The lowest BCUT2D eigenvalue weighted by Crippen LogP contribution is -2.32. The van der Waals surface area contributed by atoms with Gasteiger partial charge in [-0.1, -0.05) is 93.7 Å². The van der Waals surface area contributed by atoms with Crippen molar-refractivity contribution >= 4 is 50.8 Å². The summed E-state index contributed by atoms with van der Waals surface area (Å²) in [5.41, 5.74) is 3.23. The molecule has 3 aromatic carbocycles. The van der Waals surface area contributed by atoms with Gasteiger partial charge >= 0.3 is 0 Å². The van der Waals surface area contributed by atoms with Crippen molar-refractivity contribution in [2.45, 2.75) is 18.6 Å². The molecule has 0 bridgehead atoms. The second-order valence-corrected chi connectivity index (χ2v) is 8.83. The Hall–Kier alpha value is -2.18. The first kappa shape index (κ1) is 22.0. The Kier molecular flexibility index (Phi) is 6.77. The lowest BCUT2D eigenvalue weighted by molar-refractivity contribution is -0.144. The number of halogens is 3. The van der Waals surface area contributed by atoms with E-state index in [-0.39, 0.29) is 5.91 Å². The minimum Gasteiger partial charge on any atom is -0.367 e. The molecule has 3 aromatic rings. The molecule has 1 aliphatic heterocycles. The summed E-state index contributed by atoms with van der Waals surface area (Å²) in [5.74, 6) is -0.264. The third kappa shape index (κ3) is 4.55. The van der Waals surface area contributed by atoms with Gasteiger partial charge in [-0.05, 0) is 34.9 Å². The van der Waals surface area contributed by atoms with Crippen molar-refractivity contribution in [3.63, 3.8) is 0 Å². The van der Waals surface area contributed by atoms with E-state index in [1.165, 1.54) is 12.1 Å².